The molecule has 106 valence electrons. The zero-order valence-electron chi connectivity index (χ0n) is 11.0. The van der Waals surface area contributed by atoms with Crippen LogP contribution in [0.25, 0.3) is 0 Å². The van der Waals surface area contributed by atoms with Crippen molar-refractivity contribution in [3.63, 3.8) is 0 Å². The number of rotatable bonds is 2. The average molecular weight is 314 g/mol. The van der Waals surface area contributed by atoms with E-state index in [-0.39, 0.29) is 12.3 Å². The van der Waals surface area contributed by atoms with Crippen molar-refractivity contribution >= 4 is 35.1 Å². The topological polar surface area (TPSA) is 55.4 Å². The molecule has 0 spiro atoms. The lowest BCUT2D eigenvalue weighted by Crippen LogP contribution is -2.34. The van der Waals surface area contributed by atoms with Gasteiger partial charge in [0.2, 0.25) is 5.91 Å². The van der Waals surface area contributed by atoms with Gasteiger partial charge >= 0.3 is 5.97 Å². The second-order valence-electron chi connectivity index (χ2n) is 4.48. The number of esters is 1. The van der Waals surface area contributed by atoms with Gasteiger partial charge in [-0.05, 0) is 18.6 Å². The Bertz CT molecular complexity index is 610. The summed E-state index contributed by atoms with van der Waals surface area (Å²) in [4.78, 5) is 23.7. The first-order chi connectivity index (χ1) is 9.45. The van der Waals surface area contributed by atoms with Gasteiger partial charge in [-0.1, -0.05) is 35.3 Å². The molecule has 0 saturated heterocycles. The van der Waals surface area contributed by atoms with Crippen molar-refractivity contribution in [1.82, 2.24) is 5.32 Å². The molecule has 0 aliphatic carbocycles. The summed E-state index contributed by atoms with van der Waals surface area (Å²) >= 11 is 12.2. The Morgan fingerprint density at radius 2 is 2.10 bits per heavy atom. The van der Waals surface area contributed by atoms with Crippen molar-refractivity contribution < 1.29 is 14.3 Å². The molecule has 1 amide bonds. The fraction of sp³-hybridized carbons (Fsp3) is 0.286. The molecule has 1 atom stereocenters. The minimum absolute atomic E-state index is 0.127. The lowest BCUT2D eigenvalue weighted by atomic mass is 9.84. The van der Waals surface area contributed by atoms with Crippen molar-refractivity contribution in [3.8, 4) is 0 Å². The molecule has 0 radical (unpaired) electrons. The number of hydrogen-bond donors (Lipinski definition) is 1. The number of amides is 1. The highest BCUT2D eigenvalue weighted by Gasteiger charge is 2.33. The number of methoxy groups -OCH3 is 1. The maximum absolute atomic E-state index is 12.0. The van der Waals surface area contributed by atoms with Gasteiger partial charge in [-0.3, -0.25) is 4.79 Å². The number of nitrogens with one attached hydrogen (secondary N) is 1. The fourth-order valence-electron chi connectivity index (χ4n) is 2.34. The van der Waals surface area contributed by atoms with Crippen LogP contribution >= 0.6 is 23.2 Å². The van der Waals surface area contributed by atoms with Gasteiger partial charge < -0.3 is 10.1 Å². The first kappa shape index (κ1) is 14.9. The summed E-state index contributed by atoms with van der Waals surface area (Å²) in [7, 11) is 1.30. The van der Waals surface area contributed by atoms with Crippen LogP contribution in [0.2, 0.25) is 10.0 Å². The molecule has 0 aromatic heterocycles. The largest absolute Gasteiger partial charge is 0.466 e. The minimum Gasteiger partial charge on any atom is -0.466 e. The second kappa shape index (κ2) is 5.85. The number of benzene rings is 1. The van der Waals surface area contributed by atoms with E-state index in [2.05, 4.69) is 5.32 Å². The third-order valence-electron chi connectivity index (χ3n) is 3.23. The van der Waals surface area contributed by atoms with E-state index in [0.717, 1.165) is 0 Å². The van der Waals surface area contributed by atoms with Crippen molar-refractivity contribution in [1.29, 1.82) is 0 Å². The van der Waals surface area contributed by atoms with Gasteiger partial charge in [-0.15, -0.1) is 0 Å². The Morgan fingerprint density at radius 1 is 1.40 bits per heavy atom. The van der Waals surface area contributed by atoms with Gasteiger partial charge in [-0.2, -0.15) is 0 Å². The highest BCUT2D eigenvalue weighted by atomic mass is 35.5. The van der Waals surface area contributed by atoms with Gasteiger partial charge in [0.25, 0.3) is 0 Å². The van der Waals surface area contributed by atoms with Crippen molar-refractivity contribution in [2.45, 2.75) is 19.3 Å². The van der Waals surface area contributed by atoms with Crippen LogP contribution < -0.4 is 5.32 Å². The van der Waals surface area contributed by atoms with Gasteiger partial charge in [0.05, 0.1) is 22.7 Å². The molecule has 1 aromatic rings. The van der Waals surface area contributed by atoms with Gasteiger partial charge in [0.1, 0.15) is 0 Å². The van der Waals surface area contributed by atoms with Crippen LogP contribution in [0.1, 0.15) is 24.8 Å². The Labute approximate surface area is 126 Å². The Hall–Kier alpha value is -1.52. The summed E-state index contributed by atoms with van der Waals surface area (Å²) in [6.07, 6.45) is 0.127. The lowest BCUT2D eigenvalue weighted by Gasteiger charge is -2.27. The van der Waals surface area contributed by atoms with E-state index in [1.807, 2.05) is 0 Å². The third-order valence-corrected chi connectivity index (χ3v) is 4.06. The monoisotopic (exact) mass is 313 g/mol. The van der Waals surface area contributed by atoms with E-state index in [1.54, 1.807) is 25.1 Å². The Morgan fingerprint density at radius 3 is 2.75 bits per heavy atom. The molecule has 20 heavy (non-hydrogen) atoms. The number of allylic oxidation sites excluding steroid dienone is 1. The zero-order valence-corrected chi connectivity index (χ0v) is 12.5. The molecule has 1 aliphatic heterocycles. The van der Waals surface area contributed by atoms with Crippen molar-refractivity contribution in [2.24, 2.45) is 0 Å². The maximum atomic E-state index is 12.0. The van der Waals surface area contributed by atoms with Gasteiger partial charge in [0, 0.05) is 18.0 Å². The molecule has 1 aromatic carbocycles. The molecular weight excluding hydrogens is 301 g/mol. The number of carbonyl (C=O) groups is 2. The van der Waals surface area contributed by atoms with E-state index in [9.17, 15) is 9.59 Å². The molecule has 1 unspecified atom stereocenters. The highest BCUT2D eigenvalue weighted by molar-refractivity contribution is 6.42. The van der Waals surface area contributed by atoms with Gasteiger partial charge in [0.15, 0.2) is 0 Å². The van der Waals surface area contributed by atoms with Crippen LogP contribution in [-0.4, -0.2) is 19.0 Å². The number of ether oxygens (including phenoxy) is 1. The predicted molar refractivity (Wildman–Crippen MR) is 76.7 cm³/mol. The number of halogens is 2. The van der Waals surface area contributed by atoms with Crippen molar-refractivity contribution in [2.75, 3.05) is 7.11 Å². The van der Waals surface area contributed by atoms with E-state index in [4.69, 9.17) is 27.9 Å². The maximum Gasteiger partial charge on any atom is 0.336 e. The first-order valence-corrected chi connectivity index (χ1v) is 6.74. The summed E-state index contributed by atoms with van der Waals surface area (Å²) < 4.78 is 4.79. The quantitative estimate of drug-likeness (QED) is 0.854. The van der Waals surface area contributed by atoms with Crippen LogP contribution in [0, 0.1) is 0 Å². The smallest absolute Gasteiger partial charge is 0.336 e. The molecule has 1 heterocycles. The number of carbonyl (C=O) groups excluding carboxylic acids is 2. The molecule has 0 saturated carbocycles. The summed E-state index contributed by atoms with van der Waals surface area (Å²) in [6.45, 7) is 1.66. The molecule has 4 nitrogen and oxygen atoms in total. The van der Waals surface area contributed by atoms with Crippen molar-refractivity contribution in [3.05, 3.63) is 45.1 Å². The molecular formula is C14H13Cl2NO3. The SMILES string of the molecule is COC(=O)C1=C(C)NC(=O)CC1c1cccc(Cl)c1Cl. The van der Waals surface area contributed by atoms with Crippen LogP contribution in [0.3, 0.4) is 0 Å². The standard InChI is InChI=1S/C14H13Cl2NO3/c1-7-12(14(19)20-2)9(6-11(18)17-7)8-4-3-5-10(15)13(8)16/h3-5,9H,6H2,1-2H3,(H,17,18). The van der Waals surface area contributed by atoms with Crippen LogP contribution in [0.5, 0.6) is 0 Å². The average Bonchev–Trinajstić information content (AvgIpc) is 2.40. The van der Waals surface area contributed by atoms with E-state index in [0.29, 0.717) is 26.9 Å². The second-order valence-corrected chi connectivity index (χ2v) is 5.26. The summed E-state index contributed by atoms with van der Waals surface area (Å²) in [6, 6.07) is 5.15. The molecule has 2 rings (SSSR count). The van der Waals surface area contributed by atoms with Crippen LogP contribution in [0.4, 0.5) is 0 Å². The lowest BCUT2D eigenvalue weighted by molar-refractivity contribution is -0.136. The number of hydrogen-bond acceptors (Lipinski definition) is 3. The Balaban J connectivity index is 2.57. The highest BCUT2D eigenvalue weighted by Crippen LogP contribution is 2.39. The molecule has 1 aliphatic rings. The molecule has 1 N–H and O–H groups in total. The normalized spacial score (nSPS) is 18.8. The van der Waals surface area contributed by atoms with Crippen LogP contribution in [0.15, 0.2) is 29.5 Å². The molecule has 0 bridgehead atoms. The van der Waals surface area contributed by atoms with E-state index < -0.39 is 11.9 Å². The molecule has 6 heteroatoms. The molecule has 0 fully saturated rings. The first-order valence-electron chi connectivity index (χ1n) is 5.98. The van der Waals surface area contributed by atoms with E-state index in [1.165, 1.54) is 7.11 Å². The Kier molecular flexibility index (Phi) is 4.35. The predicted octanol–water partition coefficient (Wildman–Crippen LogP) is 3.04. The zero-order chi connectivity index (χ0) is 14.9. The summed E-state index contributed by atoms with van der Waals surface area (Å²) in [5.41, 5.74) is 1.53. The summed E-state index contributed by atoms with van der Waals surface area (Å²) in [5, 5.41) is 3.38. The van der Waals surface area contributed by atoms with Gasteiger partial charge in [-0.25, -0.2) is 4.79 Å². The third kappa shape index (κ3) is 2.67. The summed E-state index contributed by atoms with van der Waals surface area (Å²) in [5.74, 6) is -1.11. The van der Waals surface area contributed by atoms with E-state index >= 15 is 0 Å². The fourth-order valence-corrected chi connectivity index (χ4v) is 2.78. The minimum atomic E-state index is -0.483. The van der Waals surface area contributed by atoms with Crippen LogP contribution in [-0.2, 0) is 14.3 Å².